The second-order valence-corrected chi connectivity index (χ2v) is 7.80. The summed E-state index contributed by atoms with van der Waals surface area (Å²) in [6.45, 7) is 7.35. The number of aromatic nitrogens is 1. The molecule has 3 nitrogen and oxygen atoms in total. The molecule has 1 aromatic rings. The first-order valence-corrected chi connectivity index (χ1v) is 7.80. The first-order valence-electron chi connectivity index (χ1n) is 6.98. The van der Waals surface area contributed by atoms with Crippen LogP contribution in [-0.4, -0.2) is 39.9 Å². The van der Waals surface area contributed by atoms with Gasteiger partial charge in [0.1, 0.15) is 0 Å². The van der Waals surface area contributed by atoms with Crippen molar-refractivity contribution in [2.24, 2.45) is 0 Å². The molecule has 120 valence electrons. The molecule has 1 aliphatic rings. The number of alkyl halides is 3. The fraction of sp³-hybridized carbons (Fsp3) is 0.786. The van der Waals surface area contributed by atoms with Crippen molar-refractivity contribution in [3.05, 3.63) is 16.1 Å². The van der Waals surface area contributed by atoms with Crippen LogP contribution in [0, 0.1) is 0 Å². The van der Waals surface area contributed by atoms with Gasteiger partial charge in [0.2, 0.25) is 0 Å². The van der Waals surface area contributed by atoms with E-state index in [2.05, 4.69) is 25.8 Å². The van der Waals surface area contributed by atoms with Gasteiger partial charge in [-0.3, -0.25) is 4.90 Å². The van der Waals surface area contributed by atoms with Crippen molar-refractivity contribution >= 4 is 11.3 Å². The number of thiazole rings is 1. The normalized spacial score (nSPS) is 20.7. The highest BCUT2D eigenvalue weighted by molar-refractivity contribution is 7.11. The predicted octanol–water partition coefficient (Wildman–Crippen LogP) is 3.33. The van der Waals surface area contributed by atoms with Gasteiger partial charge < -0.3 is 5.11 Å². The van der Waals surface area contributed by atoms with Crippen LogP contribution in [0.15, 0.2) is 6.20 Å². The molecule has 0 unspecified atom stereocenters. The molecule has 0 radical (unpaired) electrons. The first kappa shape index (κ1) is 16.7. The van der Waals surface area contributed by atoms with Crippen molar-refractivity contribution in [2.45, 2.75) is 57.3 Å². The average molecular weight is 322 g/mol. The molecular formula is C14H21F3N2OS. The molecule has 7 heteroatoms. The smallest absolute Gasteiger partial charge is 0.380 e. The molecule has 0 bridgehead atoms. The number of piperidine rings is 1. The Balaban J connectivity index is 1.94. The lowest BCUT2D eigenvalue weighted by Gasteiger charge is -2.38. The maximum atomic E-state index is 12.7. The van der Waals surface area contributed by atoms with E-state index < -0.39 is 11.8 Å². The molecule has 2 heterocycles. The summed E-state index contributed by atoms with van der Waals surface area (Å²) in [6.07, 6.45) is -3.26. The predicted molar refractivity (Wildman–Crippen MR) is 76.3 cm³/mol. The SMILES string of the molecule is CC(C)(C)c1ncc(CN2CCC(O)(C(F)(F)F)CC2)s1. The largest absolute Gasteiger partial charge is 0.417 e. The van der Waals surface area contributed by atoms with Crippen LogP contribution in [0.3, 0.4) is 0 Å². The third-order valence-electron chi connectivity index (χ3n) is 3.79. The van der Waals surface area contributed by atoms with Crippen molar-refractivity contribution in [1.82, 2.24) is 9.88 Å². The van der Waals surface area contributed by atoms with Crippen molar-refractivity contribution < 1.29 is 18.3 Å². The van der Waals surface area contributed by atoms with Crippen molar-refractivity contribution in [3.63, 3.8) is 0 Å². The number of rotatable bonds is 2. The van der Waals surface area contributed by atoms with Crippen molar-refractivity contribution in [1.29, 1.82) is 0 Å². The third kappa shape index (κ3) is 3.76. The van der Waals surface area contributed by atoms with Crippen LogP contribution in [0.4, 0.5) is 13.2 Å². The van der Waals surface area contributed by atoms with Gasteiger partial charge in [-0.15, -0.1) is 11.3 Å². The van der Waals surface area contributed by atoms with Crippen LogP contribution < -0.4 is 0 Å². The van der Waals surface area contributed by atoms with E-state index in [-0.39, 0.29) is 31.3 Å². The van der Waals surface area contributed by atoms with Crippen LogP contribution in [0.25, 0.3) is 0 Å². The lowest BCUT2D eigenvalue weighted by Crippen LogP contribution is -2.53. The number of likely N-dealkylation sites (tertiary alicyclic amines) is 1. The first-order chi connectivity index (χ1) is 9.51. The van der Waals surface area contributed by atoms with Gasteiger partial charge in [0.05, 0.1) is 5.01 Å². The summed E-state index contributed by atoms with van der Waals surface area (Å²) < 4.78 is 38.2. The van der Waals surface area contributed by atoms with E-state index in [1.807, 2.05) is 4.90 Å². The lowest BCUT2D eigenvalue weighted by molar-refractivity contribution is -0.272. The fourth-order valence-corrected chi connectivity index (χ4v) is 3.32. The van der Waals surface area contributed by atoms with Gasteiger partial charge in [0, 0.05) is 36.1 Å². The third-order valence-corrected chi connectivity index (χ3v) is 5.19. The van der Waals surface area contributed by atoms with Gasteiger partial charge in [-0.25, -0.2) is 4.98 Å². The zero-order chi connectivity index (χ0) is 15.9. The van der Waals surface area contributed by atoms with E-state index in [9.17, 15) is 18.3 Å². The van der Waals surface area contributed by atoms with Crippen LogP contribution >= 0.6 is 11.3 Å². The summed E-state index contributed by atoms with van der Waals surface area (Å²) >= 11 is 1.60. The van der Waals surface area contributed by atoms with Gasteiger partial charge in [0.15, 0.2) is 5.60 Å². The molecule has 1 saturated heterocycles. The highest BCUT2D eigenvalue weighted by atomic mass is 32.1. The van der Waals surface area contributed by atoms with Crippen LogP contribution in [0.5, 0.6) is 0 Å². The molecule has 0 aromatic carbocycles. The number of hydrogen-bond donors (Lipinski definition) is 1. The maximum absolute atomic E-state index is 12.7. The molecule has 1 N–H and O–H groups in total. The van der Waals surface area contributed by atoms with Gasteiger partial charge in [-0.1, -0.05) is 20.8 Å². The van der Waals surface area contributed by atoms with Crippen LogP contribution in [-0.2, 0) is 12.0 Å². The maximum Gasteiger partial charge on any atom is 0.417 e. The molecule has 0 amide bonds. The second-order valence-electron chi connectivity index (χ2n) is 6.69. The Hall–Kier alpha value is -0.660. The van der Waals surface area contributed by atoms with E-state index in [0.29, 0.717) is 6.54 Å². The Morgan fingerprint density at radius 1 is 1.29 bits per heavy atom. The van der Waals surface area contributed by atoms with Crippen molar-refractivity contribution in [2.75, 3.05) is 13.1 Å². The summed E-state index contributed by atoms with van der Waals surface area (Å²) in [5, 5.41) is 10.7. The molecular weight excluding hydrogens is 301 g/mol. The van der Waals surface area contributed by atoms with Gasteiger partial charge in [-0.2, -0.15) is 13.2 Å². The van der Waals surface area contributed by atoms with E-state index >= 15 is 0 Å². The molecule has 1 aromatic heterocycles. The second kappa shape index (κ2) is 5.52. The number of hydrogen-bond acceptors (Lipinski definition) is 4. The van der Waals surface area contributed by atoms with Crippen molar-refractivity contribution in [3.8, 4) is 0 Å². The van der Waals surface area contributed by atoms with E-state index in [1.165, 1.54) is 0 Å². The Morgan fingerprint density at radius 2 is 1.86 bits per heavy atom. The number of nitrogens with zero attached hydrogens (tertiary/aromatic N) is 2. The average Bonchev–Trinajstić information content (AvgIpc) is 2.79. The molecule has 0 aliphatic carbocycles. The lowest BCUT2D eigenvalue weighted by atomic mass is 9.91. The highest BCUT2D eigenvalue weighted by Gasteiger charge is 2.54. The number of halogens is 3. The standard InChI is InChI=1S/C14H21F3N2OS/c1-12(2,3)11-18-8-10(21-11)9-19-6-4-13(20,5-7-19)14(15,16)17/h8,20H,4-7,9H2,1-3H3. The monoisotopic (exact) mass is 322 g/mol. The quantitative estimate of drug-likeness (QED) is 0.907. The molecule has 0 spiro atoms. The minimum atomic E-state index is -4.54. The topological polar surface area (TPSA) is 36.4 Å². The minimum Gasteiger partial charge on any atom is -0.380 e. The van der Waals surface area contributed by atoms with Gasteiger partial charge in [0.25, 0.3) is 0 Å². The molecule has 2 rings (SSSR count). The molecule has 21 heavy (non-hydrogen) atoms. The summed E-state index contributed by atoms with van der Waals surface area (Å²) in [5.74, 6) is 0. The Kier molecular flexibility index (Phi) is 4.39. The Morgan fingerprint density at radius 3 is 2.29 bits per heavy atom. The summed E-state index contributed by atoms with van der Waals surface area (Å²) in [7, 11) is 0. The van der Waals surface area contributed by atoms with E-state index in [1.54, 1.807) is 17.5 Å². The van der Waals surface area contributed by atoms with E-state index in [0.717, 1.165) is 9.88 Å². The minimum absolute atomic E-state index is 0.0125. The fourth-order valence-electron chi connectivity index (χ4n) is 2.31. The Labute approximate surface area is 126 Å². The number of aliphatic hydroxyl groups is 1. The zero-order valence-corrected chi connectivity index (χ0v) is 13.3. The molecule has 1 aliphatic heterocycles. The Bertz CT molecular complexity index is 485. The van der Waals surface area contributed by atoms with E-state index in [4.69, 9.17) is 0 Å². The summed E-state index contributed by atoms with van der Waals surface area (Å²) in [5.41, 5.74) is -2.53. The summed E-state index contributed by atoms with van der Waals surface area (Å²) in [4.78, 5) is 7.38. The van der Waals surface area contributed by atoms with Gasteiger partial charge in [-0.05, 0) is 12.8 Å². The molecule has 0 saturated carbocycles. The molecule has 0 atom stereocenters. The zero-order valence-electron chi connectivity index (χ0n) is 12.5. The highest BCUT2D eigenvalue weighted by Crippen LogP contribution is 2.38. The van der Waals surface area contributed by atoms with Crippen LogP contribution in [0.2, 0.25) is 0 Å². The summed E-state index contributed by atoms with van der Waals surface area (Å²) in [6, 6.07) is 0. The van der Waals surface area contributed by atoms with Gasteiger partial charge >= 0.3 is 6.18 Å². The molecule has 1 fully saturated rings. The van der Waals surface area contributed by atoms with Crippen LogP contribution in [0.1, 0.15) is 43.5 Å².